The molecule has 0 bridgehead atoms. The first-order chi connectivity index (χ1) is 14.6. The van der Waals surface area contributed by atoms with E-state index in [1.165, 1.54) is 12.1 Å². The second-order valence-electron chi connectivity index (χ2n) is 7.88. The van der Waals surface area contributed by atoms with Gasteiger partial charge in [-0.25, -0.2) is 14.4 Å². The fourth-order valence-electron chi connectivity index (χ4n) is 4.24. The van der Waals surface area contributed by atoms with E-state index in [9.17, 15) is 4.39 Å². The van der Waals surface area contributed by atoms with Gasteiger partial charge < -0.3 is 9.80 Å². The molecule has 2 saturated heterocycles. The molecule has 5 rings (SSSR count). The molecule has 0 N–H and O–H groups in total. The number of piperidine rings is 1. The summed E-state index contributed by atoms with van der Waals surface area (Å²) < 4.78 is 13.5. The molecule has 152 valence electrons. The highest BCUT2D eigenvalue weighted by Gasteiger charge is 2.34. The van der Waals surface area contributed by atoms with E-state index in [2.05, 4.69) is 30.8 Å². The average molecular weight is 423 g/mol. The molecule has 30 heavy (non-hydrogen) atoms. The smallest absolute Gasteiger partial charge is 0.150 e. The van der Waals surface area contributed by atoms with E-state index in [1.54, 1.807) is 24.5 Å². The molecule has 0 unspecified atom stereocenters. The van der Waals surface area contributed by atoms with Gasteiger partial charge in [0.2, 0.25) is 0 Å². The Kier molecular flexibility index (Phi) is 4.87. The van der Waals surface area contributed by atoms with Crippen molar-refractivity contribution in [3.05, 3.63) is 53.2 Å². The van der Waals surface area contributed by atoms with Gasteiger partial charge in [-0.2, -0.15) is 5.26 Å². The van der Waals surface area contributed by atoms with Gasteiger partial charge in [0, 0.05) is 55.8 Å². The number of fused-ring (bicyclic) bond motifs is 1. The first-order valence-corrected chi connectivity index (χ1v) is 10.5. The molecule has 3 aromatic rings. The first-order valence-electron chi connectivity index (χ1n) is 10.1. The second kappa shape index (κ2) is 7.69. The summed E-state index contributed by atoms with van der Waals surface area (Å²) in [5, 5.41) is 10.3. The van der Waals surface area contributed by atoms with E-state index in [0.717, 1.165) is 56.4 Å². The van der Waals surface area contributed by atoms with Crippen LogP contribution in [0.25, 0.3) is 10.9 Å². The van der Waals surface area contributed by atoms with Gasteiger partial charge in [0.15, 0.2) is 5.82 Å². The molecule has 2 aliphatic heterocycles. The third kappa shape index (κ3) is 3.41. The highest BCUT2D eigenvalue weighted by Crippen LogP contribution is 2.36. The van der Waals surface area contributed by atoms with Crippen LogP contribution in [0, 0.1) is 23.1 Å². The molecule has 0 radical (unpaired) electrons. The van der Waals surface area contributed by atoms with Crippen molar-refractivity contribution in [1.29, 1.82) is 5.26 Å². The number of hydrogen-bond donors (Lipinski definition) is 0. The molecule has 0 atom stereocenters. The van der Waals surface area contributed by atoms with Gasteiger partial charge in [0.1, 0.15) is 11.6 Å². The summed E-state index contributed by atoms with van der Waals surface area (Å²) in [5.74, 6) is 1.79. The minimum Gasteiger partial charge on any atom is -0.355 e. The van der Waals surface area contributed by atoms with Crippen molar-refractivity contribution >= 4 is 34.1 Å². The minimum atomic E-state index is -0.322. The Morgan fingerprint density at radius 1 is 1.07 bits per heavy atom. The van der Waals surface area contributed by atoms with Crippen LogP contribution in [0.5, 0.6) is 0 Å². The van der Waals surface area contributed by atoms with Crippen LogP contribution in [0.15, 0.2) is 36.7 Å². The van der Waals surface area contributed by atoms with Gasteiger partial charge in [0.05, 0.1) is 22.3 Å². The van der Waals surface area contributed by atoms with E-state index in [-0.39, 0.29) is 17.7 Å². The largest absolute Gasteiger partial charge is 0.355 e. The summed E-state index contributed by atoms with van der Waals surface area (Å²) in [5.41, 5.74) is 1.68. The fourth-order valence-corrected chi connectivity index (χ4v) is 4.49. The zero-order chi connectivity index (χ0) is 20.7. The number of hydrogen-bond acceptors (Lipinski definition) is 6. The monoisotopic (exact) mass is 422 g/mol. The number of anilines is 2. The molecular weight excluding hydrogens is 403 g/mol. The Hall–Kier alpha value is -2.98. The van der Waals surface area contributed by atoms with Crippen LogP contribution in [-0.4, -0.2) is 41.1 Å². The first kappa shape index (κ1) is 19.0. The van der Waals surface area contributed by atoms with Gasteiger partial charge in [0.25, 0.3) is 0 Å². The predicted molar refractivity (Wildman–Crippen MR) is 114 cm³/mol. The van der Waals surface area contributed by atoms with Gasteiger partial charge in [-0.1, -0.05) is 11.6 Å². The van der Waals surface area contributed by atoms with Gasteiger partial charge in [-0.15, -0.1) is 0 Å². The normalized spacial score (nSPS) is 17.8. The van der Waals surface area contributed by atoms with Crippen molar-refractivity contribution in [2.45, 2.75) is 18.8 Å². The molecular formula is C22H20ClFN6. The Bertz CT molecular complexity index is 1130. The SMILES string of the molecule is N#CC1CCN(c2nccnc2C2CN(c3cc(Cl)c4cc(F)ccc4n3)C2)CC1. The summed E-state index contributed by atoms with van der Waals surface area (Å²) in [6, 6.07) is 8.63. The number of nitrogens with zero attached hydrogens (tertiary/aromatic N) is 6. The Balaban J connectivity index is 1.34. The third-order valence-electron chi connectivity index (χ3n) is 5.98. The lowest BCUT2D eigenvalue weighted by molar-refractivity contribution is 0.473. The van der Waals surface area contributed by atoms with Crippen LogP contribution in [0.2, 0.25) is 5.02 Å². The van der Waals surface area contributed by atoms with Gasteiger partial charge >= 0.3 is 0 Å². The van der Waals surface area contributed by atoms with Crippen molar-refractivity contribution in [2.75, 3.05) is 36.0 Å². The van der Waals surface area contributed by atoms with E-state index in [4.69, 9.17) is 16.9 Å². The highest BCUT2D eigenvalue weighted by molar-refractivity contribution is 6.35. The summed E-state index contributed by atoms with van der Waals surface area (Å²) >= 11 is 6.38. The lowest BCUT2D eigenvalue weighted by Gasteiger charge is -2.41. The molecule has 0 saturated carbocycles. The van der Waals surface area contributed by atoms with Crippen molar-refractivity contribution in [3.63, 3.8) is 0 Å². The second-order valence-corrected chi connectivity index (χ2v) is 8.29. The fraction of sp³-hybridized carbons (Fsp3) is 0.364. The molecule has 0 amide bonds. The lowest BCUT2D eigenvalue weighted by atomic mass is 9.94. The highest BCUT2D eigenvalue weighted by atomic mass is 35.5. The minimum absolute atomic E-state index is 0.137. The summed E-state index contributed by atoms with van der Waals surface area (Å²) in [6.45, 7) is 3.21. The van der Waals surface area contributed by atoms with E-state index < -0.39 is 0 Å². The maximum Gasteiger partial charge on any atom is 0.150 e. The van der Waals surface area contributed by atoms with Crippen molar-refractivity contribution < 1.29 is 4.39 Å². The number of halogens is 2. The lowest BCUT2D eigenvalue weighted by Crippen LogP contribution is -2.47. The Morgan fingerprint density at radius 2 is 1.83 bits per heavy atom. The van der Waals surface area contributed by atoms with Crippen LogP contribution in [-0.2, 0) is 0 Å². The molecule has 6 nitrogen and oxygen atoms in total. The number of nitriles is 1. The molecule has 8 heteroatoms. The Labute approximate surface area is 178 Å². The van der Waals surface area contributed by atoms with Gasteiger partial charge in [-0.3, -0.25) is 4.98 Å². The van der Waals surface area contributed by atoms with Gasteiger partial charge in [-0.05, 0) is 37.1 Å². The number of benzene rings is 1. The van der Waals surface area contributed by atoms with Crippen molar-refractivity contribution in [1.82, 2.24) is 15.0 Å². The summed E-state index contributed by atoms with van der Waals surface area (Å²) in [4.78, 5) is 18.3. The standard InChI is InChI=1S/C22H20ClFN6/c23-18-10-20(28-19-2-1-16(24)9-17(18)19)30-12-15(13-30)21-22(27-6-5-26-21)29-7-3-14(11-25)4-8-29/h1-2,5-6,9-10,14-15H,3-4,7-8,12-13H2. The van der Waals surface area contributed by atoms with Crippen LogP contribution in [0.3, 0.4) is 0 Å². The summed E-state index contributed by atoms with van der Waals surface area (Å²) in [7, 11) is 0. The Morgan fingerprint density at radius 3 is 2.60 bits per heavy atom. The molecule has 4 heterocycles. The van der Waals surface area contributed by atoms with Crippen molar-refractivity contribution in [3.8, 4) is 6.07 Å². The molecule has 0 spiro atoms. The van der Waals surface area contributed by atoms with Crippen LogP contribution in [0.4, 0.5) is 16.0 Å². The topological polar surface area (TPSA) is 68.9 Å². The quantitative estimate of drug-likeness (QED) is 0.631. The zero-order valence-corrected chi connectivity index (χ0v) is 17.1. The summed E-state index contributed by atoms with van der Waals surface area (Å²) in [6.07, 6.45) is 5.20. The number of rotatable bonds is 3. The maximum atomic E-state index is 13.5. The van der Waals surface area contributed by atoms with Crippen molar-refractivity contribution in [2.24, 2.45) is 5.92 Å². The number of pyridine rings is 1. The maximum absolute atomic E-state index is 13.5. The zero-order valence-electron chi connectivity index (χ0n) is 16.3. The number of aromatic nitrogens is 3. The van der Waals surface area contributed by atoms with E-state index in [0.29, 0.717) is 15.9 Å². The molecule has 0 aliphatic carbocycles. The molecule has 2 aromatic heterocycles. The van der Waals surface area contributed by atoms with Crippen LogP contribution < -0.4 is 9.80 Å². The molecule has 2 fully saturated rings. The predicted octanol–water partition coefficient (Wildman–Crippen LogP) is 4.16. The average Bonchev–Trinajstić information content (AvgIpc) is 2.74. The third-order valence-corrected chi connectivity index (χ3v) is 6.29. The van der Waals surface area contributed by atoms with Crippen LogP contribution in [0.1, 0.15) is 24.5 Å². The van der Waals surface area contributed by atoms with E-state index in [1.807, 2.05) is 0 Å². The molecule has 2 aliphatic rings. The van der Waals surface area contributed by atoms with E-state index >= 15 is 0 Å². The molecule has 1 aromatic carbocycles. The van der Waals surface area contributed by atoms with Crippen LogP contribution >= 0.6 is 11.6 Å².